The zero-order valence-electron chi connectivity index (χ0n) is 22.1. The van der Waals surface area contributed by atoms with Crippen molar-refractivity contribution in [2.75, 3.05) is 26.3 Å². The van der Waals surface area contributed by atoms with Gasteiger partial charge in [-0.25, -0.2) is 9.18 Å². The average molecular weight is 540 g/mol. The van der Waals surface area contributed by atoms with Crippen molar-refractivity contribution in [3.8, 4) is 0 Å². The Hall–Kier alpha value is -2.49. The third-order valence-corrected chi connectivity index (χ3v) is 6.98. The molecule has 0 amide bonds. The van der Waals surface area contributed by atoms with E-state index in [9.17, 15) is 27.5 Å². The highest BCUT2D eigenvalue weighted by Gasteiger charge is 2.32. The SMILES string of the molecule is CCOC(=O)/C=C/c1ccc(C(F)(F)F)cc1[C@@H](C)OCC(O)CN1CCC[C@H]1CC1=CC(F)C(C)C=C1. The monoisotopic (exact) mass is 539 g/mol. The molecule has 1 aromatic carbocycles. The Morgan fingerprint density at radius 3 is 2.76 bits per heavy atom. The molecular formula is C29H37F4NO4. The Bertz CT molecular complexity index is 1040. The van der Waals surface area contributed by atoms with Crippen LogP contribution < -0.4 is 0 Å². The maximum Gasteiger partial charge on any atom is 0.416 e. The quantitative estimate of drug-likeness (QED) is 0.211. The Kier molecular flexibility index (Phi) is 10.7. The Labute approximate surface area is 221 Å². The molecule has 1 fully saturated rings. The molecule has 0 saturated carbocycles. The number of rotatable bonds is 11. The van der Waals surface area contributed by atoms with Crippen molar-refractivity contribution in [1.29, 1.82) is 0 Å². The van der Waals surface area contributed by atoms with Gasteiger partial charge in [0.1, 0.15) is 6.17 Å². The molecular weight excluding hydrogens is 502 g/mol. The molecule has 0 bridgehead atoms. The van der Waals surface area contributed by atoms with Gasteiger partial charge in [0.25, 0.3) is 0 Å². The van der Waals surface area contributed by atoms with Gasteiger partial charge in [-0.05, 0) is 80.6 Å². The van der Waals surface area contributed by atoms with Crippen LogP contribution in [0.2, 0.25) is 0 Å². The second-order valence-corrected chi connectivity index (χ2v) is 9.96. The van der Waals surface area contributed by atoms with E-state index in [1.807, 2.05) is 19.1 Å². The summed E-state index contributed by atoms with van der Waals surface area (Å²) < 4.78 is 64.8. The molecule has 1 N–H and O–H groups in total. The number of carbonyl (C=O) groups excluding carboxylic acids is 1. The minimum Gasteiger partial charge on any atom is -0.463 e. The summed E-state index contributed by atoms with van der Waals surface area (Å²) in [5, 5.41) is 10.7. The number of aliphatic hydroxyl groups is 1. The Morgan fingerprint density at radius 2 is 2.08 bits per heavy atom. The second-order valence-electron chi connectivity index (χ2n) is 9.96. The number of esters is 1. The molecule has 5 atom stereocenters. The van der Waals surface area contributed by atoms with Gasteiger partial charge in [-0.3, -0.25) is 4.90 Å². The number of hydrogen-bond acceptors (Lipinski definition) is 5. The number of benzene rings is 1. The summed E-state index contributed by atoms with van der Waals surface area (Å²) in [5.74, 6) is -0.726. The van der Waals surface area contributed by atoms with Gasteiger partial charge < -0.3 is 14.6 Å². The topological polar surface area (TPSA) is 59.0 Å². The predicted molar refractivity (Wildman–Crippen MR) is 138 cm³/mol. The van der Waals surface area contributed by atoms with Crippen molar-refractivity contribution in [1.82, 2.24) is 4.90 Å². The summed E-state index contributed by atoms with van der Waals surface area (Å²) in [6, 6.07) is 3.42. The van der Waals surface area contributed by atoms with E-state index in [4.69, 9.17) is 9.47 Å². The van der Waals surface area contributed by atoms with Crippen LogP contribution in [0, 0.1) is 5.92 Å². The van der Waals surface area contributed by atoms with Crippen molar-refractivity contribution in [3.05, 3.63) is 64.8 Å². The van der Waals surface area contributed by atoms with Crippen molar-refractivity contribution in [2.24, 2.45) is 5.92 Å². The molecule has 0 spiro atoms. The largest absolute Gasteiger partial charge is 0.463 e. The lowest BCUT2D eigenvalue weighted by molar-refractivity contribution is -0.138. The summed E-state index contributed by atoms with van der Waals surface area (Å²) in [5.41, 5.74) is 0.770. The third kappa shape index (κ3) is 8.51. The minimum atomic E-state index is -4.54. The molecule has 0 radical (unpaired) electrons. The van der Waals surface area contributed by atoms with E-state index in [2.05, 4.69) is 4.90 Å². The number of alkyl halides is 4. The lowest BCUT2D eigenvalue weighted by Crippen LogP contribution is -2.38. The van der Waals surface area contributed by atoms with E-state index >= 15 is 0 Å². The summed E-state index contributed by atoms with van der Waals surface area (Å²) in [4.78, 5) is 13.9. The van der Waals surface area contributed by atoms with Crippen LogP contribution in [-0.4, -0.2) is 60.6 Å². The number of β-amino-alcohol motifs (C(OH)–C–C–N with tert-alkyl or cyclic N) is 1. The van der Waals surface area contributed by atoms with E-state index in [0.29, 0.717) is 18.5 Å². The van der Waals surface area contributed by atoms with Gasteiger partial charge in [-0.15, -0.1) is 0 Å². The molecule has 1 saturated heterocycles. The lowest BCUT2D eigenvalue weighted by atomic mass is 9.92. The Morgan fingerprint density at radius 1 is 1.32 bits per heavy atom. The van der Waals surface area contributed by atoms with Gasteiger partial charge in [-0.1, -0.05) is 25.1 Å². The van der Waals surface area contributed by atoms with Crippen LogP contribution in [0.1, 0.15) is 62.8 Å². The number of ether oxygens (including phenoxy) is 2. The Balaban J connectivity index is 1.62. The van der Waals surface area contributed by atoms with Gasteiger partial charge in [0.15, 0.2) is 0 Å². The average Bonchev–Trinajstić information content (AvgIpc) is 3.29. The molecule has 0 aromatic heterocycles. The lowest BCUT2D eigenvalue weighted by Gasteiger charge is -2.28. The minimum absolute atomic E-state index is 0.0751. The summed E-state index contributed by atoms with van der Waals surface area (Å²) in [6.07, 6.45) is 3.56. The smallest absolute Gasteiger partial charge is 0.416 e. The van der Waals surface area contributed by atoms with E-state index in [-0.39, 0.29) is 30.7 Å². The molecule has 1 aliphatic carbocycles. The molecule has 9 heteroatoms. The molecule has 2 aliphatic rings. The third-order valence-electron chi connectivity index (χ3n) is 6.98. The van der Waals surface area contributed by atoms with Crippen LogP contribution in [0.15, 0.2) is 48.1 Å². The number of allylic oxidation sites excluding steroid dienone is 3. The molecule has 38 heavy (non-hydrogen) atoms. The molecule has 1 heterocycles. The fraction of sp³-hybridized carbons (Fsp3) is 0.552. The summed E-state index contributed by atoms with van der Waals surface area (Å²) in [7, 11) is 0. The molecule has 210 valence electrons. The highest BCUT2D eigenvalue weighted by molar-refractivity contribution is 5.87. The van der Waals surface area contributed by atoms with Crippen LogP contribution in [-0.2, 0) is 20.4 Å². The first-order valence-electron chi connectivity index (χ1n) is 13.1. The molecule has 3 rings (SSSR count). The van der Waals surface area contributed by atoms with Gasteiger partial charge in [-0.2, -0.15) is 13.2 Å². The number of aliphatic hydroxyl groups excluding tert-OH is 1. The van der Waals surface area contributed by atoms with Gasteiger partial charge >= 0.3 is 12.1 Å². The second kappa shape index (κ2) is 13.5. The van der Waals surface area contributed by atoms with Crippen molar-refractivity contribution >= 4 is 12.0 Å². The van der Waals surface area contributed by atoms with Crippen LogP contribution in [0.25, 0.3) is 6.08 Å². The zero-order chi connectivity index (χ0) is 27.9. The number of nitrogens with zero attached hydrogens (tertiary/aromatic N) is 1. The molecule has 3 unspecified atom stereocenters. The first-order valence-corrected chi connectivity index (χ1v) is 13.1. The van der Waals surface area contributed by atoms with Crippen molar-refractivity contribution < 1.29 is 36.9 Å². The number of likely N-dealkylation sites (tertiary alicyclic amines) is 1. The van der Waals surface area contributed by atoms with Crippen LogP contribution in [0.4, 0.5) is 17.6 Å². The van der Waals surface area contributed by atoms with E-state index in [1.54, 1.807) is 19.9 Å². The van der Waals surface area contributed by atoms with Crippen molar-refractivity contribution in [2.45, 2.75) is 70.6 Å². The van der Waals surface area contributed by atoms with E-state index in [0.717, 1.165) is 43.2 Å². The van der Waals surface area contributed by atoms with Gasteiger partial charge in [0.05, 0.1) is 31.0 Å². The number of hydrogen-bond donors (Lipinski definition) is 1. The first kappa shape index (κ1) is 30.1. The number of carbonyl (C=O) groups is 1. The maximum absolute atomic E-state index is 14.1. The molecule has 5 nitrogen and oxygen atoms in total. The van der Waals surface area contributed by atoms with Crippen LogP contribution >= 0.6 is 0 Å². The van der Waals surface area contributed by atoms with E-state index < -0.39 is 36.1 Å². The highest BCUT2D eigenvalue weighted by Crippen LogP contribution is 2.34. The number of halogens is 4. The molecule has 1 aliphatic heterocycles. The van der Waals surface area contributed by atoms with Crippen molar-refractivity contribution in [3.63, 3.8) is 0 Å². The summed E-state index contributed by atoms with van der Waals surface area (Å²) in [6.45, 7) is 6.37. The highest BCUT2D eigenvalue weighted by atomic mass is 19.4. The standard InChI is InChI=1S/C29H37F4NO4/c1-4-37-28(36)12-10-22-9-11-23(29(31,32)33)16-26(22)20(3)38-18-25(35)17-34-13-5-6-24(34)14-21-8-7-19(2)27(30)15-21/h7-12,15-16,19-20,24-25,27,35H,4-6,13-14,17-18H2,1-3H3/b12-10+/t19?,20-,24+,25?,27?/m1/s1. The normalized spacial score (nSPS) is 24.0. The van der Waals surface area contributed by atoms with Crippen LogP contribution in [0.3, 0.4) is 0 Å². The van der Waals surface area contributed by atoms with Crippen LogP contribution in [0.5, 0.6) is 0 Å². The van der Waals surface area contributed by atoms with Gasteiger partial charge in [0.2, 0.25) is 0 Å². The molecule has 1 aromatic rings. The van der Waals surface area contributed by atoms with Gasteiger partial charge in [0, 0.05) is 24.6 Å². The summed E-state index contributed by atoms with van der Waals surface area (Å²) >= 11 is 0. The zero-order valence-corrected chi connectivity index (χ0v) is 22.1. The fourth-order valence-corrected chi connectivity index (χ4v) is 4.84. The maximum atomic E-state index is 14.1. The fourth-order valence-electron chi connectivity index (χ4n) is 4.84. The van der Waals surface area contributed by atoms with E-state index in [1.165, 1.54) is 12.1 Å². The first-order chi connectivity index (χ1) is 18.0. The predicted octanol–water partition coefficient (Wildman–Crippen LogP) is 6.05.